The summed E-state index contributed by atoms with van der Waals surface area (Å²) in [6.45, 7) is 10.3. The molecule has 0 saturated carbocycles. The molecule has 6 nitrogen and oxygen atoms in total. The van der Waals surface area contributed by atoms with Crippen molar-refractivity contribution in [1.29, 1.82) is 5.41 Å². The van der Waals surface area contributed by atoms with Gasteiger partial charge in [-0.3, -0.25) is 10.2 Å². The van der Waals surface area contributed by atoms with Gasteiger partial charge in [-0.1, -0.05) is 42.0 Å². The van der Waals surface area contributed by atoms with E-state index in [4.69, 9.17) is 5.41 Å². The van der Waals surface area contributed by atoms with E-state index in [1.54, 1.807) is 6.08 Å². The first-order valence-corrected chi connectivity index (χ1v) is 11.9. The number of aliphatic imine (C=N–C) groups is 1. The predicted molar refractivity (Wildman–Crippen MR) is 140 cm³/mol. The number of nitrogens with zero attached hydrogens (tertiary/aromatic N) is 4. The second-order valence-corrected chi connectivity index (χ2v) is 9.65. The van der Waals surface area contributed by atoms with Crippen molar-refractivity contribution >= 4 is 39.8 Å². The molecule has 0 radical (unpaired) electrons. The molecular weight excluding hydrogens is 442 g/mol. The summed E-state index contributed by atoms with van der Waals surface area (Å²) in [6.07, 6.45) is 1.77. The van der Waals surface area contributed by atoms with Gasteiger partial charge in [0.25, 0.3) is 5.91 Å². The molecular formula is C27H25N5OS. The molecule has 0 aliphatic carbocycles. The number of aromatic nitrogens is 1. The number of aryl methyl sites for hydroxylation is 4. The summed E-state index contributed by atoms with van der Waals surface area (Å²) < 4.78 is 2.21. The van der Waals surface area contributed by atoms with E-state index in [1.165, 1.54) is 27.9 Å². The fourth-order valence-electron chi connectivity index (χ4n) is 4.48. The number of amidine groups is 2. The Morgan fingerprint density at radius 2 is 1.68 bits per heavy atom. The first-order chi connectivity index (χ1) is 16.2. The van der Waals surface area contributed by atoms with Gasteiger partial charge >= 0.3 is 0 Å². The summed E-state index contributed by atoms with van der Waals surface area (Å²) in [6, 6.07) is 16.3. The summed E-state index contributed by atoms with van der Waals surface area (Å²) in [4.78, 5) is 17.2. The van der Waals surface area contributed by atoms with Crippen LogP contribution in [0, 0.1) is 40.0 Å². The van der Waals surface area contributed by atoms with E-state index in [2.05, 4.69) is 53.6 Å². The van der Waals surface area contributed by atoms with E-state index < -0.39 is 5.91 Å². The number of hydrogen-bond acceptors (Lipinski definition) is 4. The molecule has 2 aliphatic heterocycles. The molecule has 0 spiro atoms. The van der Waals surface area contributed by atoms with E-state index >= 15 is 0 Å². The Hall–Kier alpha value is -3.71. The number of hydrazone groups is 1. The minimum Gasteiger partial charge on any atom is -0.317 e. The monoisotopic (exact) mass is 467 g/mol. The van der Waals surface area contributed by atoms with Gasteiger partial charge in [-0.05, 0) is 81.3 Å². The highest BCUT2D eigenvalue weighted by molar-refractivity contribution is 8.27. The Kier molecular flexibility index (Phi) is 5.37. The minimum atomic E-state index is -0.415. The number of amides is 1. The molecule has 0 saturated heterocycles. The van der Waals surface area contributed by atoms with Crippen LogP contribution in [0.5, 0.6) is 0 Å². The molecule has 0 fully saturated rings. The van der Waals surface area contributed by atoms with E-state index in [0.717, 1.165) is 38.8 Å². The number of carbonyl (C=O) groups is 1. The molecule has 1 aromatic heterocycles. The highest BCUT2D eigenvalue weighted by Gasteiger charge is 2.36. The summed E-state index contributed by atoms with van der Waals surface area (Å²) in [5.74, 6) is -0.372. The van der Waals surface area contributed by atoms with Crippen molar-refractivity contribution in [3.8, 4) is 5.69 Å². The number of fused-ring (bicyclic) bond motifs is 1. The maximum atomic E-state index is 12.9. The van der Waals surface area contributed by atoms with Crippen molar-refractivity contribution < 1.29 is 4.79 Å². The second kappa shape index (κ2) is 8.25. The van der Waals surface area contributed by atoms with Crippen LogP contribution < -0.4 is 0 Å². The van der Waals surface area contributed by atoms with Crippen LogP contribution in [0.15, 0.2) is 64.2 Å². The summed E-state index contributed by atoms with van der Waals surface area (Å²) in [5.41, 5.74) is 8.80. The third-order valence-corrected chi connectivity index (χ3v) is 7.11. The lowest BCUT2D eigenvalue weighted by atomic mass is 10.1. The molecule has 3 aromatic rings. The van der Waals surface area contributed by atoms with Crippen LogP contribution >= 0.6 is 11.8 Å². The highest BCUT2D eigenvalue weighted by Crippen LogP contribution is 2.32. The molecule has 1 amide bonds. The lowest BCUT2D eigenvalue weighted by Gasteiger charge is -2.20. The lowest BCUT2D eigenvalue weighted by Crippen LogP contribution is -2.35. The van der Waals surface area contributed by atoms with E-state index in [-0.39, 0.29) is 11.4 Å². The molecule has 1 N–H and O–H groups in total. The van der Waals surface area contributed by atoms with Crippen LogP contribution in [0.3, 0.4) is 0 Å². The Morgan fingerprint density at radius 3 is 2.38 bits per heavy atom. The van der Waals surface area contributed by atoms with Gasteiger partial charge in [0.15, 0.2) is 5.84 Å². The number of benzene rings is 2. The first kappa shape index (κ1) is 22.1. The number of para-hydroxylation sites is 1. The molecule has 0 bridgehead atoms. The topological polar surface area (TPSA) is 73.8 Å². The Morgan fingerprint density at radius 1 is 0.971 bits per heavy atom. The van der Waals surface area contributed by atoms with Crippen LogP contribution in [-0.2, 0) is 4.79 Å². The summed E-state index contributed by atoms with van der Waals surface area (Å²) in [5, 5.41) is 16.0. The minimum absolute atomic E-state index is 0.0435. The maximum absolute atomic E-state index is 12.9. The van der Waals surface area contributed by atoms with E-state index in [1.807, 2.05) is 44.2 Å². The van der Waals surface area contributed by atoms with Crippen LogP contribution in [0.25, 0.3) is 11.8 Å². The third kappa shape index (κ3) is 3.62. The van der Waals surface area contributed by atoms with Gasteiger partial charge in [0, 0.05) is 17.0 Å². The number of hydrogen-bond donors (Lipinski definition) is 1. The zero-order chi connectivity index (χ0) is 24.1. The van der Waals surface area contributed by atoms with Gasteiger partial charge in [-0.25, -0.2) is 0 Å². The molecule has 3 heterocycles. The predicted octanol–water partition coefficient (Wildman–Crippen LogP) is 5.69. The Bertz CT molecular complexity index is 1450. The van der Waals surface area contributed by atoms with Crippen molar-refractivity contribution in [1.82, 2.24) is 9.58 Å². The van der Waals surface area contributed by atoms with Gasteiger partial charge in [0.05, 0.1) is 11.3 Å². The standard InChI is InChI=1S/C27H25N5OS/c1-15-8-6-11-20(12-15)26-30-32-24(28)22(25(33)29-27(32)34-26)14-21-13-18(4)31(19(21)5)23-16(2)9-7-10-17(23)3/h6-14,28H,1-5H3/b22-14+,28-24?. The van der Waals surface area contributed by atoms with Crippen molar-refractivity contribution in [2.75, 3.05) is 0 Å². The van der Waals surface area contributed by atoms with E-state index in [0.29, 0.717) is 5.17 Å². The third-order valence-electron chi connectivity index (χ3n) is 6.15. The average Bonchev–Trinajstić information content (AvgIpc) is 3.33. The number of nitrogens with one attached hydrogen (secondary N) is 1. The lowest BCUT2D eigenvalue weighted by molar-refractivity contribution is -0.114. The first-order valence-electron chi connectivity index (χ1n) is 11.1. The highest BCUT2D eigenvalue weighted by atomic mass is 32.2. The number of thioether (sulfide) groups is 1. The molecule has 5 rings (SSSR count). The molecule has 170 valence electrons. The summed E-state index contributed by atoms with van der Waals surface area (Å²) >= 11 is 1.32. The van der Waals surface area contributed by atoms with Crippen molar-refractivity contribution in [3.05, 3.63) is 93.3 Å². The van der Waals surface area contributed by atoms with Crippen LogP contribution in [0.1, 0.15) is 39.2 Å². The van der Waals surface area contributed by atoms with Gasteiger partial charge in [-0.15, -0.1) is 0 Å². The molecule has 34 heavy (non-hydrogen) atoms. The Labute approximate surface area is 203 Å². The van der Waals surface area contributed by atoms with Crippen LogP contribution in [0.2, 0.25) is 0 Å². The van der Waals surface area contributed by atoms with Gasteiger partial charge in [-0.2, -0.15) is 15.1 Å². The van der Waals surface area contributed by atoms with Crippen LogP contribution in [0.4, 0.5) is 0 Å². The quantitative estimate of drug-likeness (QED) is 0.503. The molecule has 0 unspecified atom stereocenters. The van der Waals surface area contributed by atoms with Crippen molar-refractivity contribution in [3.63, 3.8) is 0 Å². The summed E-state index contributed by atoms with van der Waals surface area (Å²) in [7, 11) is 0. The van der Waals surface area contributed by atoms with Gasteiger partial charge < -0.3 is 4.57 Å². The fourth-order valence-corrected chi connectivity index (χ4v) is 5.37. The largest absolute Gasteiger partial charge is 0.317 e. The van der Waals surface area contributed by atoms with Gasteiger partial charge in [0.2, 0.25) is 5.17 Å². The maximum Gasteiger partial charge on any atom is 0.283 e. The molecule has 0 atom stereocenters. The van der Waals surface area contributed by atoms with Crippen molar-refractivity contribution in [2.45, 2.75) is 34.6 Å². The zero-order valence-corrected chi connectivity index (χ0v) is 20.6. The molecule has 2 aliphatic rings. The van der Waals surface area contributed by atoms with Crippen molar-refractivity contribution in [2.24, 2.45) is 10.1 Å². The Balaban J connectivity index is 1.54. The fraction of sp³-hybridized carbons (Fsp3) is 0.185. The SMILES string of the molecule is Cc1cccc(C2=NN3C(=N)/C(=C\c4cc(C)n(-c5c(C)cccc5C)c4C)C(=O)N=C3S2)c1. The zero-order valence-electron chi connectivity index (χ0n) is 19.8. The number of carbonyl (C=O) groups excluding carboxylic acids is 1. The normalized spacial score (nSPS) is 16.7. The smallest absolute Gasteiger partial charge is 0.283 e. The average molecular weight is 468 g/mol. The van der Waals surface area contributed by atoms with Crippen LogP contribution in [-0.4, -0.2) is 31.5 Å². The second-order valence-electron chi connectivity index (χ2n) is 8.70. The van der Waals surface area contributed by atoms with Gasteiger partial charge in [0.1, 0.15) is 5.04 Å². The van der Waals surface area contributed by atoms with E-state index in [9.17, 15) is 4.79 Å². The molecule has 7 heteroatoms. The molecule has 2 aromatic carbocycles. The number of rotatable bonds is 3.